The second kappa shape index (κ2) is 8.98. The predicted octanol–water partition coefficient (Wildman–Crippen LogP) is 1.32. The molecule has 1 aromatic rings. The van der Waals surface area contributed by atoms with Crippen molar-refractivity contribution >= 4 is 24.0 Å². The lowest BCUT2D eigenvalue weighted by molar-refractivity contribution is -0.116. The van der Waals surface area contributed by atoms with Crippen LogP contribution in [-0.4, -0.2) is 24.2 Å². The highest BCUT2D eigenvalue weighted by atomic mass is 35.5. The third-order valence-electron chi connectivity index (χ3n) is 2.25. The van der Waals surface area contributed by atoms with Crippen LogP contribution in [0.4, 0.5) is 5.69 Å². The number of hydrogen-bond donors (Lipinski definition) is 3. The highest BCUT2D eigenvalue weighted by Gasteiger charge is 2.01. The molecule has 5 heteroatoms. The third kappa shape index (κ3) is 6.26. The zero-order valence-corrected chi connectivity index (χ0v) is 10.5. The molecule has 1 amide bonds. The number of hydrogen-bond acceptors (Lipinski definition) is 3. The van der Waals surface area contributed by atoms with E-state index < -0.39 is 0 Å². The van der Waals surface area contributed by atoms with Crippen LogP contribution in [0, 0.1) is 0 Å². The van der Waals surface area contributed by atoms with Gasteiger partial charge in [0.2, 0.25) is 5.91 Å². The maximum Gasteiger partial charge on any atom is 0.224 e. The molecule has 0 saturated carbocycles. The Hall–Kier alpha value is -1.10. The molecule has 96 valence electrons. The SMILES string of the molecule is Cl.NCCCC(=O)Nc1ccc(CCO)cc1. The summed E-state index contributed by atoms with van der Waals surface area (Å²) in [4.78, 5) is 11.4. The van der Waals surface area contributed by atoms with Gasteiger partial charge in [-0.05, 0) is 37.1 Å². The van der Waals surface area contributed by atoms with Crippen molar-refractivity contribution in [1.82, 2.24) is 0 Å². The molecule has 0 spiro atoms. The fourth-order valence-corrected chi connectivity index (χ4v) is 1.37. The Morgan fingerprint density at radius 2 is 1.94 bits per heavy atom. The largest absolute Gasteiger partial charge is 0.396 e. The van der Waals surface area contributed by atoms with Gasteiger partial charge in [-0.3, -0.25) is 4.79 Å². The zero-order valence-electron chi connectivity index (χ0n) is 9.69. The molecule has 1 rings (SSSR count). The Bertz CT molecular complexity index is 328. The van der Waals surface area contributed by atoms with Crippen LogP contribution in [0.25, 0.3) is 0 Å². The summed E-state index contributed by atoms with van der Waals surface area (Å²) in [5, 5.41) is 11.5. The van der Waals surface area contributed by atoms with Gasteiger partial charge >= 0.3 is 0 Å². The summed E-state index contributed by atoms with van der Waals surface area (Å²) >= 11 is 0. The number of aliphatic hydroxyl groups is 1. The van der Waals surface area contributed by atoms with Crippen molar-refractivity contribution in [1.29, 1.82) is 0 Å². The van der Waals surface area contributed by atoms with Gasteiger partial charge in [-0.1, -0.05) is 12.1 Å². The van der Waals surface area contributed by atoms with Crippen molar-refractivity contribution in [2.24, 2.45) is 5.73 Å². The number of benzene rings is 1. The molecule has 0 radical (unpaired) electrons. The summed E-state index contributed by atoms with van der Waals surface area (Å²) in [6.45, 7) is 0.672. The van der Waals surface area contributed by atoms with E-state index in [4.69, 9.17) is 10.8 Å². The standard InChI is InChI=1S/C12H18N2O2.ClH/c13-8-1-2-12(16)14-11-5-3-10(4-6-11)7-9-15;/h3-6,15H,1-2,7-9,13H2,(H,14,16);1H. The Kier molecular flexibility index (Phi) is 8.40. The average Bonchev–Trinajstić information content (AvgIpc) is 2.29. The Labute approximate surface area is 108 Å². The Balaban J connectivity index is 0.00000256. The van der Waals surface area contributed by atoms with Gasteiger partial charge in [0.1, 0.15) is 0 Å². The van der Waals surface area contributed by atoms with Crippen molar-refractivity contribution in [3.8, 4) is 0 Å². The van der Waals surface area contributed by atoms with E-state index in [1.54, 1.807) is 0 Å². The summed E-state index contributed by atoms with van der Waals surface area (Å²) in [6, 6.07) is 7.47. The molecule has 4 N–H and O–H groups in total. The van der Waals surface area contributed by atoms with Crippen LogP contribution in [-0.2, 0) is 11.2 Å². The van der Waals surface area contributed by atoms with E-state index in [0.29, 0.717) is 25.8 Å². The van der Waals surface area contributed by atoms with Crippen LogP contribution in [0.2, 0.25) is 0 Å². The van der Waals surface area contributed by atoms with E-state index in [9.17, 15) is 4.79 Å². The van der Waals surface area contributed by atoms with Gasteiger partial charge in [-0.25, -0.2) is 0 Å². The quantitative estimate of drug-likeness (QED) is 0.720. The van der Waals surface area contributed by atoms with Gasteiger partial charge in [0, 0.05) is 18.7 Å². The van der Waals surface area contributed by atoms with Crippen molar-refractivity contribution in [2.45, 2.75) is 19.3 Å². The Morgan fingerprint density at radius 1 is 1.29 bits per heavy atom. The van der Waals surface area contributed by atoms with E-state index in [1.807, 2.05) is 24.3 Å². The van der Waals surface area contributed by atoms with Gasteiger partial charge < -0.3 is 16.2 Å². The maximum atomic E-state index is 11.4. The number of rotatable bonds is 6. The van der Waals surface area contributed by atoms with Crippen LogP contribution in [0.5, 0.6) is 0 Å². The summed E-state index contributed by atoms with van der Waals surface area (Å²) < 4.78 is 0. The molecule has 0 atom stereocenters. The highest BCUT2D eigenvalue weighted by Crippen LogP contribution is 2.10. The Morgan fingerprint density at radius 3 is 2.47 bits per heavy atom. The van der Waals surface area contributed by atoms with E-state index in [0.717, 1.165) is 11.3 Å². The second-order valence-corrected chi connectivity index (χ2v) is 3.61. The number of carbonyl (C=O) groups excluding carboxylic acids is 1. The number of nitrogens with two attached hydrogens (primary N) is 1. The molecule has 0 aromatic heterocycles. The number of aliphatic hydroxyl groups excluding tert-OH is 1. The van der Waals surface area contributed by atoms with Gasteiger partial charge in [0.25, 0.3) is 0 Å². The zero-order chi connectivity index (χ0) is 11.8. The van der Waals surface area contributed by atoms with Gasteiger partial charge in [0.15, 0.2) is 0 Å². The summed E-state index contributed by atoms with van der Waals surface area (Å²) in [7, 11) is 0. The molecule has 0 bridgehead atoms. The number of anilines is 1. The van der Waals surface area contributed by atoms with Gasteiger partial charge in [-0.15, -0.1) is 12.4 Å². The lowest BCUT2D eigenvalue weighted by atomic mass is 10.1. The number of halogens is 1. The maximum absolute atomic E-state index is 11.4. The minimum absolute atomic E-state index is 0. The normalized spacial score (nSPS) is 9.53. The van der Waals surface area contributed by atoms with Gasteiger partial charge in [0.05, 0.1) is 0 Å². The fraction of sp³-hybridized carbons (Fsp3) is 0.417. The minimum Gasteiger partial charge on any atom is -0.396 e. The minimum atomic E-state index is -0.0136. The van der Waals surface area contributed by atoms with Crippen LogP contribution in [0.15, 0.2) is 24.3 Å². The molecule has 4 nitrogen and oxygen atoms in total. The molecule has 17 heavy (non-hydrogen) atoms. The monoisotopic (exact) mass is 258 g/mol. The molecular weight excluding hydrogens is 240 g/mol. The number of nitrogens with one attached hydrogen (secondary N) is 1. The lowest BCUT2D eigenvalue weighted by Gasteiger charge is -2.05. The van der Waals surface area contributed by atoms with Gasteiger partial charge in [-0.2, -0.15) is 0 Å². The summed E-state index contributed by atoms with van der Waals surface area (Å²) in [5.41, 5.74) is 7.16. The third-order valence-corrected chi connectivity index (χ3v) is 2.25. The summed E-state index contributed by atoms with van der Waals surface area (Å²) in [6.07, 6.45) is 1.80. The molecule has 0 heterocycles. The molecule has 0 fully saturated rings. The first-order valence-corrected chi connectivity index (χ1v) is 5.46. The molecule has 0 aliphatic carbocycles. The smallest absolute Gasteiger partial charge is 0.224 e. The molecule has 0 saturated heterocycles. The van der Waals surface area contributed by atoms with E-state index >= 15 is 0 Å². The van der Waals surface area contributed by atoms with Crippen LogP contribution < -0.4 is 11.1 Å². The van der Waals surface area contributed by atoms with Crippen LogP contribution >= 0.6 is 12.4 Å². The van der Waals surface area contributed by atoms with Crippen molar-refractivity contribution in [2.75, 3.05) is 18.5 Å². The molecule has 0 aliphatic heterocycles. The summed E-state index contributed by atoms with van der Waals surface area (Å²) in [5.74, 6) is -0.0136. The topological polar surface area (TPSA) is 75.4 Å². The lowest BCUT2D eigenvalue weighted by Crippen LogP contribution is -2.13. The first-order chi connectivity index (χ1) is 7.76. The highest BCUT2D eigenvalue weighted by molar-refractivity contribution is 5.90. The van der Waals surface area contributed by atoms with E-state index in [1.165, 1.54) is 0 Å². The molecule has 0 aliphatic rings. The van der Waals surface area contributed by atoms with Crippen LogP contribution in [0.1, 0.15) is 18.4 Å². The molecule has 0 unspecified atom stereocenters. The van der Waals surface area contributed by atoms with Crippen LogP contribution in [0.3, 0.4) is 0 Å². The van der Waals surface area contributed by atoms with E-state index in [2.05, 4.69) is 5.32 Å². The average molecular weight is 259 g/mol. The van der Waals surface area contributed by atoms with Crippen molar-refractivity contribution < 1.29 is 9.90 Å². The molecule has 1 aromatic carbocycles. The van der Waals surface area contributed by atoms with Crippen molar-refractivity contribution in [3.05, 3.63) is 29.8 Å². The number of amides is 1. The van der Waals surface area contributed by atoms with E-state index in [-0.39, 0.29) is 24.9 Å². The first kappa shape index (κ1) is 15.9. The van der Waals surface area contributed by atoms with Crippen molar-refractivity contribution in [3.63, 3.8) is 0 Å². The second-order valence-electron chi connectivity index (χ2n) is 3.61. The molecular formula is C12H19ClN2O2. The fourth-order valence-electron chi connectivity index (χ4n) is 1.37. The number of carbonyl (C=O) groups is 1. The first-order valence-electron chi connectivity index (χ1n) is 5.46. The predicted molar refractivity (Wildman–Crippen MR) is 71.4 cm³/mol.